The molecule has 1 aromatic carbocycles. The zero-order valence-corrected chi connectivity index (χ0v) is 16.1. The van der Waals surface area contributed by atoms with Crippen LogP contribution in [-0.2, 0) is 10.0 Å². The number of thiocarbonyl (C=S) groups is 1. The van der Waals surface area contributed by atoms with Crippen molar-refractivity contribution < 1.29 is 8.42 Å². The number of nitrogens with one attached hydrogen (secondary N) is 1. The minimum atomic E-state index is -3.46. The highest BCUT2D eigenvalue weighted by Crippen LogP contribution is 2.26. The Morgan fingerprint density at radius 1 is 1.08 bits per heavy atom. The molecule has 1 aliphatic heterocycles. The summed E-state index contributed by atoms with van der Waals surface area (Å²) in [5.74, 6) is 0. The van der Waals surface area contributed by atoms with E-state index in [1.165, 1.54) is 12.8 Å². The number of aryl methyl sites for hydroxylation is 3. The van der Waals surface area contributed by atoms with E-state index in [0.717, 1.165) is 21.8 Å². The lowest BCUT2D eigenvalue weighted by Crippen LogP contribution is -2.53. The third-order valence-corrected chi connectivity index (χ3v) is 7.21. The van der Waals surface area contributed by atoms with E-state index in [9.17, 15) is 8.42 Å². The summed E-state index contributed by atoms with van der Waals surface area (Å²) < 4.78 is 27.7. The Morgan fingerprint density at radius 3 is 2.12 bits per heavy atom. The van der Waals surface area contributed by atoms with Crippen molar-refractivity contribution in [2.24, 2.45) is 0 Å². The first-order valence-electron chi connectivity index (χ1n) is 8.42. The van der Waals surface area contributed by atoms with Crippen LogP contribution in [0.5, 0.6) is 0 Å². The lowest BCUT2D eigenvalue weighted by atomic mass is 10.1. The largest absolute Gasteiger partial charge is 0.360 e. The molecule has 1 aromatic rings. The van der Waals surface area contributed by atoms with E-state index in [-0.39, 0.29) is 0 Å². The van der Waals surface area contributed by atoms with Gasteiger partial charge in [0.1, 0.15) is 0 Å². The van der Waals surface area contributed by atoms with Crippen molar-refractivity contribution >= 4 is 27.4 Å². The van der Waals surface area contributed by atoms with Crippen LogP contribution in [0.25, 0.3) is 0 Å². The molecule has 0 spiro atoms. The summed E-state index contributed by atoms with van der Waals surface area (Å²) in [6, 6.07) is 4.40. The van der Waals surface area contributed by atoms with E-state index in [1.54, 1.807) is 4.31 Å². The van der Waals surface area contributed by atoms with Crippen LogP contribution in [0, 0.1) is 20.8 Å². The number of benzene rings is 1. The maximum atomic E-state index is 13.1. The van der Waals surface area contributed by atoms with E-state index in [0.29, 0.717) is 37.1 Å². The highest BCUT2D eigenvalue weighted by atomic mass is 32.2. The topological polar surface area (TPSA) is 52.7 Å². The Bertz CT molecular complexity index is 726. The highest BCUT2D eigenvalue weighted by molar-refractivity contribution is 7.89. The Kier molecular flexibility index (Phi) is 4.86. The second kappa shape index (κ2) is 6.61. The van der Waals surface area contributed by atoms with Gasteiger partial charge in [0.25, 0.3) is 0 Å². The fourth-order valence-corrected chi connectivity index (χ4v) is 5.51. The zero-order chi connectivity index (χ0) is 17.5. The maximum absolute atomic E-state index is 13.1. The zero-order valence-electron chi connectivity index (χ0n) is 14.5. The molecule has 0 atom stereocenters. The molecule has 132 valence electrons. The second-order valence-corrected chi connectivity index (χ2v) is 9.10. The van der Waals surface area contributed by atoms with Crippen LogP contribution in [0.15, 0.2) is 17.0 Å². The quantitative estimate of drug-likeness (QED) is 0.828. The van der Waals surface area contributed by atoms with Crippen LogP contribution in [0.1, 0.15) is 29.5 Å². The highest BCUT2D eigenvalue weighted by Gasteiger charge is 2.32. The van der Waals surface area contributed by atoms with Gasteiger partial charge in [-0.3, -0.25) is 0 Å². The Hall–Kier alpha value is -1.18. The van der Waals surface area contributed by atoms with Crippen LogP contribution < -0.4 is 5.32 Å². The molecule has 1 saturated carbocycles. The molecule has 0 aromatic heterocycles. The summed E-state index contributed by atoms with van der Waals surface area (Å²) in [6.07, 6.45) is 2.36. The van der Waals surface area contributed by atoms with Crippen molar-refractivity contribution in [1.82, 2.24) is 14.5 Å². The van der Waals surface area contributed by atoms with Gasteiger partial charge in [-0.25, -0.2) is 8.42 Å². The molecule has 2 aliphatic rings. The first-order chi connectivity index (χ1) is 11.3. The molecule has 0 bridgehead atoms. The van der Waals surface area contributed by atoms with Crippen molar-refractivity contribution in [1.29, 1.82) is 0 Å². The standard InChI is InChI=1S/C17H25N3O2S2/c1-12-10-13(2)16(14(3)11-12)24(21,22)20-8-6-19(7-9-20)17(23)18-15-4-5-15/h10-11,15H,4-9H2,1-3H3,(H,18,23). The second-order valence-electron chi connectivity index (χ2n) is 6.84. The van der Waals surface area contributed by atoms with Crippen molar-refractivity contribution in [2.75, 3.05) is 26.2 Å². The summed E-state index contributed by atoms with van der Waals surface area (Å²) in [4.78, 5) is 2.54. The smallest absolute Gasteiger partial charge is 0.243 e. The monoisotopic (exact) mass is 367 g/mol. The third kappa shape index (κ3) is 3.58. The summed E-state index contributed by atoms with van der Waals surface area (Å²) in [5, 5.41) is 4.08. The van der Waals surface area contributed by atoms with Gasteiger partial charge in [-0.05, 0) is 57.0 Å². The molecule has 5 nitrogen and oxygen atoms in total. The average Bonchev–Trinajstić information content (AvgIpc) is 3.30. The van der Waals surface area contributed by atoms with E-state index in [4.69, 9.17) is 12.2 Å². The van der Waals surface area contributed by atoms with E-state index in [1.807, 2.05) is 32.9 Å². The molecule has 1 N–H and O–H groups in total. The number of hydrogen-bond donors (Lipinski definition) is 1. The van der Waals surface area contributed by atoms with Crippen LogP contribution in [0.4, 0.5) is 0 Å². The lowest BCUT2D eigenvalue weighted by Gasteiger charge is -2.36. The van der Waals surface area contributed by atoms with Crippen molar-refractivity contribution in [3.63, 3.8) is 0 Å². The normalized spacial score (nSPS) is 19.4. The van der Waals surface area contributed by atoms with Gasteiger partial charge < -0.3 is 10.2 Å². The summed E-state index contributed by atoms with van der Waals surface area (Å²) >= 11 is 5.42. The lowest BCUT2D eigenvalue weighted by molar-refractivity contribution is 0.263. The summed E-state index contributed by atoms with van der Waals surface area (Å²) in [5.41, 5.74) is 2.73. The Balaban J connectivity index is 1.72. The van der Waals surface area contributed by atoms with Gasteiger partial charge in [-0.1, -0.05) is 17.7 Å². The number of sulfonamides is 1. The fraction of sp³-hybridized carbons (Fsp3) is 0.588. The van der Waals surface area contributed by atoms with E-state index >= 15 is 0 Å². The minimum Gasteiger partial charge on any atom is -0.360 e. The van der Waals surface area contributed by atoms with Crippen LogP contribution in [0.2, 0.25) is 0 Å². The molecule has 0 radical (unpaired) electrons. The molecule has 1 aliphatic carbocycles. The van der Waals surface area contributed by atoms with Crippen LogP contribution in [0.3, 0.4) is 0 Å². The van der Waals surface area contributed by atoms with Crippen LogP contribution in [-0.4, -0.2) is 55.0 Å². The Morgan fingerprint density at radius 2 is 1.62 bits per heavy atom. The van der Waals surface area contributed by atoms with E-state index < -0.39 is 10.0 Å². The third-order valence-electron chi connectivity index (χ3n) is 4.63. The SMILES string of the molecule is Cc1cc(C)c(S(=O)(=O)N2CCN(C(=S)NC3CC3)CC2)c(C)c1. The molecule has 24 heavy (non-hydrogen) atoms. The number of rotatable bonds is 3. The van der Waals surface area contributed by atoms with Gasteiger partial charge in [0.2, 0.25) is 10.0 Å². The molecule has 0 amide bonds. The first kappa shape index (κ1) is 17.6. The van der Waals surface area contributed by atoms with Gasteiger partial charge >= 0.3 is 0 Å². The van der Waals surface area contributed by atoms with Crippen molar-refractivity contribution in [3.05, 3.63) is 28.8 Å². The minimum absolute atomic E-state index is 0.459. The number of piperazine rings is 1. The molecule has 1 heterocycles. The molecule has 7 heteroatoms. The predicted molar refractivity (Wildman–Crippen MR) is 99.7 cm³/mol. The molecular weight excluding hydrogens is 342 g/mol. The molecule has 1 saturated heterocycles. The Labute approximate surface area is 150 Å². The summed E-state index contributed by atoms with van der Waals surface area (Å²) in [7, 11) is -3.46. The van der Waals surface area contributed by atoms with E-state index in [2.05, 4.69) is 10.2 Å². The predicted octanol–water partition coefficient (Wildman–Crippen LogP) is 1.96. The number of nitrogens with zero attached hydrogens (tertiary/aromatic N) is 2. The maximum Gasteiger partial charge on any atom is 0.243 e. The summed E-state index contributed by atoms with van der Waals surface area (Å²) in [6.45, 7) is 7.96. The first-order valence-corrected chi connectivity index (χ1v) is 10.3. The van der Waals surface area contributed by atoms with Gasteiger partial charge in [-0.2, -0.15) is 4.31 Å². The molecule has 2 fully saturated rings. The van der Waals surface area contributed by atoms with Crippen molar-refractivity contribution in [2.45, 2.75) is 44.6 Å². The fourth-order valence-electron chi connectivity index (χ4n) is 3.33. The molecular formula is C17H25N3O2S2. The molecule has 3 rings (SSSR count). The molecule has 0 unspecified atom stereocenters. The van der Waals surface area contributed by atoms with Crippen molar-refractivity contribution in [3.8, 4) is 0 Å². The van der Waals surface area contributed by atoms with Gasteiger partial charge in [-0.15, -0.1) is 0 Å². The van der Waals surface area contributed by atoms with Crippen LogP contribution >= 0.6 is 12.2 Å². The van der Waals surface area contributed by atoms with Gasteiger partial charge in [0, 0.05) is 32.2 Å². The van der Waals surface area contributed by atoms with Gasteiger partial charge in [0.05, 0.1) is 4.90 Å². The number of hydrogen-bond acceptors (Lipinski definition) is 3. The van der Waals surface area contributed by atoms with Gasteiger partial charge in [0.15, 0.2) is 5.11 Å². The average molecular weight is 368 g/mol.